The Morgan fingerprint density at radius 2 is 1.66 bits per heavy atom. The number of benzene rings is 3. The van der Waals surface area contributed by atoms with Crippen LogP contribution in [-0.4, -0.2) is 32.9 Å². The van der Waals surface area contributed by atoms with Crippen molar-refractivity contribution in [2.45, 2.75) is 25.2 Å². The fourth-order valence-corrected chi connectivity index (χ4v) is 4.87. The van der Waals surface area contributed by atoms with Crippen molar-refractivity contribution >= 4 is 55.7 Å². The summed E-state index contributed by atoms with van der Waals surface area (Å²) < 4.78 is 37.2. The second kappa shape index (κ2) is 11.2. The average molecular weight is 599 g/mol. The summed E-state index contributed by atoms with van der Waals surface area (Å²) in [5.74, 6) is -1.35. The monoisotopic (exact) mass is 598 g/mol. The van der Waals surface area contributed by atoms with E-state index in [9.17, 15) is 22.8 Å². The number of imide groups is 2. The Kier molecular flexibility index (Phi) is 7.98. The van der Waals surface area contributed by atoms with E-state index in [1.807, 2.05) is 13.8 Å². The first-order valence-electron chi connectivity index (χ1n) is 11.5. The van der Waals surface area contributed by atoms with Crippen LogP contribution in [0.5, 0.6) is 11.5 Å². The van der Waals surface area contributed by atoms with Gasteiger partial charge in [0, 0.05) is 10.0 Å². The molecule has 0 saturated carbocycles. The number of nitrogens with one attached hydrogen (secondary N) is 1. The van der Waals surface area contributed by atoms with E-state index in [-0.39, 0.29) is 27.5 Å². The number of nitrogens with zero attached hydrogens (tertiary/aromatic N) is 1. The summed E-state index contributed by atoms with van der Waals surface area (Å²) in [7, 11) is -4.21. The minimum absolute atomic E-state index is 0.0563. The van der Waals surface area contributed by atoms with Gasteiger partial charge in [-0.1, -0.05) is 40.5 Å². The molecule has 0 radical (unpaired) electrons. The molecule has 4 amide bonds. The Hall–Kier alpha value is -3.96. The molecule has 0 bridgehead atoms. The van der Waals surface area contributed by atoms with E-state index in [0.29, 0.717) is 16.8 Å². The maximum atomic E-state index is 13.3. The van der Waals surface area contributed by atoms with Crippen molar-refractivity contribution in [1.29, 1.82) is 0 Å². The van der Waals surface area contributed by atoms with E-state index in [0.717, 1.165) is 16.9 Å². The van der Waals surface area contributed by atoms with Gasteiger partial charge in [-0.25, -0.2) is 9.69 Å². The quantitative estimate of drug-likeness (QED) is 0.220. The third kappa shape index (κ3) is 5.95. The number of rotatable bonds is 8. The molecule has 1 aliphatic heterocycles. The maximum absolute atomic E-state index is 13.3. The molecule has 0 aromatic heterocycles. The van der Waals surface area contributed by atoms with Gasteiger partial charge in [0.15, 0.2) is 0 Å². The summed E-state index contributed by atoms with van der Waals surface area (Å²) in [6, 6.07) is 15.9. The van der Waals surface area contributed by atoms with Gasteiger partial charge in [-0.05, 0) is 74.0 Å². The van der Waals surface area contributed by atoms with Crippen LogP contribution in [0.4, 0.5) is 10.5 Å². The van der Waals surface area contributed by atoms with Gasteiger partial charge in [-0.2, -0.15) is 8.42 Å². The molecule has 1 heterocycles. The van der Waals surface area contributed by atoms with Crippen LogP contribution in [0.15, 0.2) is 81.7 Å². The van der Waals surface area contributed by atoms with E-state index in [1.54, 1.807) is 30.3 Å². The number of hydrogen-bond acceptors (Lipinski definition) is 7. The first-order valence-corrected chi connectivity index (χ1v) is 13.7. The molecule has 0 unspecified atom stereocenters. The number of urea groups is 1. The molecule has 1 aliphatic rings. The normalized spacial score (nSPS) is 15.0. The van der Waals surface area contributed by atoms with Crippen molar-refractivity contribution in [2.24, 2.45) is 0 Å². The first kappa shape index (κ1) is 27.1. The lowest BCUT2D eigenvalue weighted by atomic mass is 10.1. The molecule has 9 nitrogen and oxygen atoms in total. The smallest absolute Gasteiger partial charge is 0.339 e. The molecule has 3 aromatic rings. The van der Waals surface area contributed by atoms with Gasteiger partial charge in [0.05, 0.1) is 12.3 Å². The highest BCUT2D eigenvalue weighted by molar-refractivity contribution is 9.10. The van der Waals surface area contributed by atoms with Crippen molar-refractivity contribution < 1.29 is 31.7 Å². The van der Waals surface area contributed by atoms with E-state index >= 15 is 0 Å². The lowest BCUT2D eigenvalue weighted by Gasteiger charge is -2.26. The van der Waals surface area contributed by atoms with Crippen LogP contribution < -0.4 is 19.1 Å². The molecule has 4 rings (SSSR count). The average Bonchev–Trinajstić information content (AvgIpc) is 2.87. The Labute approximate surface area is 228 Å². The van der Waals surface area contributed by atoms with Gasteiger partial charge in [-0.15, -0.1) is 0 Å². The zero-order chi connectivity index (χ0) is 27.4. The van der Waals surface area contributed by atoms with Gasteiger partial charge < -0.3 is 8.92 Å². The molecule has 1 N–H and O–H groups in total. The summed E-state index contributed by atoms with van der Waals surface area (Å²) in [6.45, 7) is 4.31. The van der Waals surface area contributed by atoms with Crippen molar-refractivity contribution in [1.82, 2.24) is 5.32 Å². The van der Waals surface area contributed by atoms with Crippen LogP contribution >= 0.6 is 15.9 Å². The summed E-state index contributed by atoms with van der Waals surface area (Å²) in [5, 5.41) is 2.15. The summed E-state index contributed by atoms with van der Waals surface area (Å²) in [4.78, 5) is 39.3. The van der Waals surface area contributed by atoms with Crippen molar-refractivity contribution in [2.75, 3.05) is 11.5 Å². The van der Waals surface area contributed by atoms with E-state index in [2.05, 4.69) is 21.2 Å². The number of carbonyl (C=O) groups is 3. The first-order chi connectivity index (χ1) is 18.1. The third-order valence-corrected chi connectivity index (χ3v) is 7.19. The van der Waals surface area contributed by atoms with Gasteiger partial charge in [0.2, 0.25) is 0 Å². The number of anilines is 1. The molecular formula is C27H23BrN2O7S. The van der Waals surface area contributed by atoms with Crippen LogP contribution in [0.3, 0.4) is 0 Å². The molecule has 0 atom stereocenters. The fourth-order valence-electron chi connectivity index (χ4n) is 3.54. The lowest BCUT2D eigenvalue weighted by Crippen LogP contribution is -2.54. The molecule has 1 saturated heterocycles. The minimum Gasteiger partial charge on any atom is -0.494 e. The SMILES string of the molecule is CCCOc1ccc(N2C(=O)NC(=O)/C(=C/c3cc(Br)ccc3OS(=O)(=O)c3ccc(C)cc3)C2=O)cc1. The van der Waals surface area contributed by atoms with Crippen LogP contribution in [0.1, 0.15) is 24.5 Å². The highest BCUT2D eigenvalue weighted by Gasteiger charge is 2.37. The Morgan fingerprint density at radius 1 is 0.974 bits per heavy atom. The molecule has 0 aliphatic carbocycles. The Morgan fingerprint density at radius 3 is 2.32 bits per heavy atom. The molecule has 1 fully saturated rings. The second-order valence-corrected chi connectivity index (χ2v) is 10.8. The van der Waals surface area contributed by atoms with Crippen LogP contribution in [0.25, 0.3) is 6.08 Å². The third-order valence-electron chi connectivity index (χ3n) is 5.45. The highest BCUT2D eigenvalue weighted by atomic mass is 79.9. The summed E-state index contributed by atoms with van der Waals surface area (Å²) >= 11 is 3.31. The number of aryl methyl sites for hydroxylation is 1. The lowest BCUT2D eigenvalue weighted by molar-refractivity contribution is -0.122. The Balaban J connectivity index is 1.68. The highest BCUT2D eigenvalue weighted by Crippen LogP contribution is 2.30. The van der Waals surface area contributed by atoms with E-state index in [4.69, 9.17) is 8.92 Å². The zero-order valence-electron chi connectivity index (χ0n) is 20.4. The second-order valence-electron chi connectivity index (χ2n) is 8.33. The number of carbonyl (C=O) groups excluding carboxylic acids is 3. The van der Waals surface area contributed by atoms with Crippen LogP contribution in [-0.2, 0) is 19.7 Å². The molecule has 3 aromatic carbocycles. The largest absolute Gasteiger partial charge is 0.494 e. The zero-order valence-corrected chi connectivity index (χ0v) is 22.8. The van der Waals surface area contributed by atoms with E-state index in [1.165, 1.54) is 42.5 Å². The van der Waals surface area contributed by atoms with Gasteiger partial charge >= 0.3 is 16.1 Å². The number of hydrogen-bond donors (Lipinski definition) is 1. The summed E-state index contributed by atoms with van der Waals surface area (Å²) in [6.07, 6.45) is 2.00. The number of ether oxygens (including phenoxy) is 1. The minimum atomic E-state index is -4.21. The molecular weight excluding hydrogens is 576 g/mol. The topological polar surface area (TPSA) is 119 Å². The number of barbiturate groups is 1. The number of halogens is 1. The summed E-state index contributed by atoms with van der Waals surface area (Å²) in [5.41, 5.74) is 0.849. The van der Waals surface area contributed by atoms with Gasteiger partial charge in [-0.3, -0.25) is 14.9 Å². The van der Waals surface area contributed by atoms with Gasteiger partial charge in [0.1, 0.15) is 22.0 Å². The molecule has 11 heteroatoms. The predicted octanol–water partition coefficient (Wildman–Crippen LogP) is 4.98. The number of amides is 4. The van der Waals surface area contributed by atoms with Crippen molar-refractivity contribution in [3.63, 3.8) is 0 Å². The van der Waals surface area contributed by atoms with Gasteiger partial charge in [0.25, 0.3) is 11.8 Å². The molecule has 196 valence electrons. The molecule has 0 spiro atoms. The Bertz CT molecular complexity index is 1530. The molecule has 38 heavy (non-hydrogen) atoms. The van der Waals surface area contributed by atoms with Crippen LogP contribution in [0.2, 0.25) is 0 Å². The van der Waals surface area contributed by atoms with Crippen molar-refractivity contribution in [3.8, 4) is 11.5 Å². The van der Waals surface area contributed by atoms with Crippen molar-refractivity contribution in [3.05, 3.63) is 87.9 Å². The fraction of sp³-hybridized carbons (Fsp3) is 0.148. The van der Waals surface area contributed by atoms with E-state index < -0.39 is 28.0 Å². The van der Waals surface area contributed by atoms with Crippen LogP contribution in [0, 0.1) is 6.92 Å². The standard InChI is InChI=1S/C27H23BrN2O7S/c1-3-14-36-21-9-7-20(8-10-21)30-26(32)23(25(31)29-27(30)33)16-18-15-19(28)6-13-24(18)37-38(34,35)22-11-4-17(2)5-12-22/h4-13,15-16H,3,14H2,1-2H3,(H,29,31,33)/b23-16-. The predicted molar refractivity (Wildman–Crippen MR) is 144 cm³/mol. The maximum Gasteiger partial charge on any atom is 0.339 e.